The zero-order chi connectivity index (χ0) is 13.3. The molecule has 0 aromatic carbocycles. The van der Waals surface area contributed by atoms with Gasteiger partial charge in [-0.25, -0.2) is 4.79 Å². The summed E-state index contributed by atoms with van der Waals surface area (Å²) < 4.78 is 5.45. The smallest absolute Gasteiger partial charge is 0.339 e. The first-order valence-corrected chi connectivity index (χ1v) is 6.20. The molecule has 0 bridgehead atoms. The van der Waals surface area contributed by atoms with Crippen LogP contribution in [-0.4, -0.2) is 40.3 Å². The first-order chi connectivity index (χ1) is 8.47. The number of hydrogen-bond donors (Lipinski definition) is 2. The zero-order valence-corrected chi connectivity index (χ0v) is 10.7. The van der Waals surface area contributed by atoms with Crippen molar-refractivity contribution in [1.29, 1.82) is 0 Å². The van der Waals surface area contributed by atoms with Gasteiger partial charge in [0.15, 0.2) is 0 Å². The topological polar surface area (TPSA) is 73.9 Å². The van der Waals surface area contributed by atoms with Crippen LogP contribution in [0.3, 0.4) is 0 Å². The Bertz CT molecular complexity index is 438. The second kappa shape index (κ2) is 5.12. The molecule has 2 N–H and O–H groups in total. The molecule has 1 aromatic heterocycles. The minimum Gasteiger partial charge on any atom is -0.478 e. The fraction of sp³-hybridized carbons (Fsp3) is 0.615. The maximum absolute atomic E-state index is 10.9. The van der Waals surface area contributed by atoms with Crippen molar-refractivity contribution in [2.75, 3.05) is 13.1 Å². The predicted octanol–water partition coefficient (Wildman–Crippen LogP) is 1.49. The Balaban J connectivity index is 1.99. The first kappa shape index (κ1) is 13.1. The second-order valence-electron chi connectivity index (χ2n) is 5.01. The van der Waals surface area contributed by atoms with Crippen LogP contribution in [0.15, 0.2) is 10.5 Å². The third-order valence-electron chi connectivity index (χ3n) is 3.57. The zero-order valence-electron chi connectivity index (χ0n) is 10.7. The summed E-state index contributed by atoms with van der Waals surface area (Å²) in [6.45, 7) is 5.83. The number of likely N-dealkylation sites (tertiary alicyclic amines) is 1. The van der Waals surface area contributed by atoms with Crippen molar-refractivity contribution in [3.05, 3.63) is 23.2 Å². The maximum atomic E-state index is 10.9. The predicted molar refractivity (Wildman–Crippen MR) is 65.5 cm³/mol. The van der Waals surface area contributed by atoms with E-state index in [2.05, 4.69) is 4.90 Å². The molecule has 1 saturated heterocycles. The Labute approximate surface area is 106 Å². The molecule has 5 nitrogen and oxygen atoms in total. The van der Waals surface area contributed by atoms with Gasteiger partial charge in [0, 0.05) is 6.54 Å². The highest BCUT2D eigenvalue weighted by molar-refractivity contribution is 5.88. The third-order valence-corrected chi connectivity index (χ3v) is 3.57. The normalized spacial score (nSPS) is 22.3. The van der Waals surface area contributed by atoms with Crippen LogP contribution in [0.1, 0.15) is 35.2 Å². The number of rotatable bonds is 4. The van der Waals surface area contributed by atoms with E-state index in [0.717, 1.165) is 19.5 Å². The highest BCUT2D eigenvalue weighted by Gasteiger charge is 2.27. The van der Waals surface area contributed by atoms with Gasteiger partial charge < -0.3 is 14.6 Å². The molecule has 1 aliphatic heterocycles. The quantitative estimate of drug-likeness (QED) is 0.850. The average molecular weight is 253 g/mol. The minimum absolute atomic E-state index is 0.233. The van der Waals surface area contributed by atoms with Crippen LogP contribution >= 0.6 is 0 Å². The molecule has 2 rings (SSSR count). The number of aromatic carboxylic acids is 1. The van der Waals surface area contributed by atoms with Crippen LogP contribution in [0.4, 0.5) is 0 Å². The molecule has 2 heterocycles. The van der Waals surface area contributed by atoms with Gasteiger partial charge in [-0.05, 0) is 38.8 Å². The van der Waals surface area contributed by atoms with Gasteiger partial charge in [0.25, 0.3) is 0 Å². The van der Waals surface area contributed by atoms with E-state index in [-0.39, 0.29) is 11.7 Å². The highest BCUT2D eigenvalue weighted by Crippen LogP contribution is 2.23. The van der Waals surface area contributed by atoms with Gasteiger partial charge in [-0.2, -0.15) is 0 Å². The van der Waals surface area contributed by atoms with Crippen molar-refractivity contribution < 1.29 is 19.4 Å². The van der Waals surface area contributed by atoms with Crippen LogP contribution in [0.25, 0.3) is 0 Å². The molecule has 0 amide bonds. The first-order valence-electron chi connectivity index (χ1n) is 6.20. The summed E-state index contributed by atoms with van der Waals surface area (Å²) >= 11 is 0. The monoisotopic (exact) mass is 253 g/mol. The van der Waals surface area contributed by atoms with Gasteiger partial charge in [0.2, 0.25) is 0 Å². The van der Waals surface area contributed by atoms with Crippen LogP contribution in [0.2, 0.25) is 0 Å². The largest absolute Gasteiger partial charge is 0.478 e. The summed E-state index contributed by atoms with van der Waals surface area (Å²) in [5, 5.41) is 18.5. The van der Waals surface area contributed by atoms with Crippen molar-refractivity contribution >= 4 is 5.97 Å². The molecule has 0 aliphatic carbocycles. The van der Waals surface area contributed by atoms with E-state index in [1.54, 1.807) is 13.0 Å². The Morgan fingerprint density at radius 2 is 2.39 bits per heavy atom. The number of aliphatic hydroxyl groups is 1. The van der Waals surface area contributed by atoms with E-state index in [9.17, 15) is 9.90 Å². The molecule has 1 fully saturated rings. The highest BCUT2D eigenvalue weighted by atomic mass is 16.4. The molecule has 2 atom stereocenters. The lowest BCUT2D eigenvalue weighted by Gasteiger charge is -2.15. The Morgan fingerprint density at radius 3 is 2.89 bits per heavy atom. The number of carboxylic acids is 1. The molecule has 2 unspecified atom stereocenters. The third kappa shape index (κ3) is 2.73. The van der Waals surface area contributed by atoms with Crippen LogP contribution in [0, 0.1) is 12.8 Å². The molecule has 100 valence electrons. The van der Waals surface area contributed by atoms with Crippen LogP contribution in [-0.2, 0) is 6.54 Å². The SMILES string of the molecule is Cc1oc(CN2CCC(C(C)O)C2)cc1C(=O)O. The molecule has 1 aromatic rings. The van der Waals surface area contributed by atoms with E-state index >= 15 is 0 Å². The van der Waals surface area contributed by atoms with E-state index in [0.29, 0.717) is 24.0 Å². The van der Waals surface area contributed by atoms with Crippen molar-refractivity contribution in [1.82, 2.24) is 4.90 Å². The van der Waals surface area contributed by atoms with E-state index in [4.69, 9.17) is 9.52 Å². The van der Waals surface area contributed by atoms with Crippen molar-refractivity contribution in [3.8, 4) is 0 Å². The van der Waals surface area contributed by atoms with Gasteiger partial charge >= 0.3 is 5.97 Å². The lowest BCUT2D eigenvalue weighted by Crippen LogP contribution is -2.23. The summed E-state index contributed by atoms with van der Waals surface area (Å²) in [4.78, 5) is 13.1. The lowest BCUT2D eigenvalue weighted by molar-refractivity contribution is 0.0695. The van der Waals surface area contributed by atoms with Crippen LogP contribution in [0.5, 0.6) is 0 Å². The average Bonchev–Trinajstić information content (AvgIpc) is 2.86. The summed E-state index contributed by atoms with van der Waals surface area (Å²) in [7, 11) is 0. The van der Waals surface area contributed by atoms with E-state index in [1.807, 2.05) is 6.92 Å². The summed E-state index contributed by atoms with van der Waals surface area (Å²) in [6, 6.07) is 1.59. The Morgan fingerprint density at radius 1 is 1.67 bits per heavy atom. The lowest BCUT2D eigenvalue weighted by atomic mass is 10.0. The maximum Gasteiger partial charge on any atom is 0.339 e. The van der Waals surface area contributed by atoms with E-state index in [1.165, 1.54) is 0 Å². The molecule has 0 spiro atoms. The second-order valence-corrected chi connectivity index (χ2v) is 5.01. The molecule has 5 heteroatoms. The molecule has 0 saturated carbocycles. The van der Waals surface area contributed by atoms with Crippen molar-refractivity contribution in [2.45, 2.75) is 32.9 Å². The standard InChI is InChI=1S/C13H19NO4/c1-8(15)10-3-4-14(6-10)7-11-5-12(13(16)17)9(2)18-11/h5,8,10,15H,3-4,6-7H2,1-2H3,(H,16,17). The van der Waals surface area contributed by atoms with Gasteiger partial charge in [-0.15, -0.1) is 0 Å². The molecule has 18 heavy (non-hydrogen) atoms. The summed E-state index contributed by atoms with van der Waals surface area (Å²) in [5.41, 5.74) is 0.233. The Kier molecular flexibility index (Phi) is 3.73. The number of hydrogen-bond acceptors (Lipinski definition) is 4. The fourth-order valence-corrected chi connectivity index (χ4v) is 2.45. The molecule has 1 aliphatic rings. The number of aliphatic hydroxyl groups excluding tert-OH is 1. The van der Waals surface area contributed by atoms with Crippen LogP contribution < -0.4 is 0 Å². The summed E-state index contributed by atoms with van der Waals surface area (Å²) in [5.74, 6) is 0.477. The fourth-order valence-electron chi connectivity index (χ4n) is 2.45. The van der Waals surface area contributed by atoms with Crippen molar-refractivity contribution in [3.63, 3.8) is 0 Å². The number of furan rings is 1. The number of carboxylic acid groups (broad SMARTS) is 1. The van der Waals surface area contributed by atoms with E-state index < -0.39 is 5.97 Å². The molecular formula is C13H19NO4. The summed E-state index contributed by atoms with van der Waals surface area (Å²) in [6.07, 6.45) is 0.686. The van der Waals surface area contributed by atoms with Gasteiger partial charge in [0.1, 0.15) is 17.1 Å². The molecular weight excluding hydrogens is 234 g/mol. The number of nitrogens with zero attached hydrogens (tertiary/aromatic N) is 1. The van der Waals surface area contributed by atoms with Crippen molar-refractivity contribution in [2.24, 2.45) is 5.92 Å². The van der Waals surface area contributed by atoms with Gasteiger partial charge in [-0.3, -0.25) is 4.90 Å². The molecule has 0 radical (unpaired) electrons. The Hall–Kier alpha value is -1.33. The number of carbonyl (C=O) groups is 1. The minimum atomic E-state index is -0.953. The van der Waals surface area contributed by atoms with Gasteiger partial charge in [0.05, 0.1) is 12.6 Å². The number of aryl methyl sites for hydroxylation is 1. The van der Waals surface area contributed by atoms with Gasteiger partial charge in [-0.1, -0.05) is 0 Å².